The maximum Gasteiger partial charge on any atom is 0.193 e. The van der Waals surface area contributed by atoms with Gasteiger partial charge in [-0.3, -0.25) is 14.6 Å². The number of aromatic nitrogens is 2. The monoisotopic (exact) mass is 360 g/mol. The van der Waals surface area contributed by atoms with Crippen molar-refractivity contribution in [2.45, 2.75) is 32.4 Å². The van der Waals surface area contributed by atoms with Crippen LogP contribution in [0.25, 0.3) is 0 Å². The quantitative estimate of drug-likeness (QED) is 0.607. The molecule has 0 amide bonds. The first-order chi connectivity index (χ1) is 12.3. The number of aliphatic imine (C=N–C) groups is 1. The molecule has 0 saturated carbocycles. The molecule has 0 aliphatic heterocycles. The third-order valence-electron chi connectivity index (χ3n) is 4.41. The van der Waals surface area contributed by atoms with Crippen molar-refractivity contribution >= 4 is 5.96 Å². The van der Waals surface area contributed by atoms with Crippen LogP contribution in [-0.4, -0.2) is 60.3 Å². The van der Waals surface area contributed by atoms with Gasteiger partial charge in [-0.1, -0.05) is 13.8 Å². The number of aryl methyl sites for hydroxylation is 1. The van der Waals surface area contributed by atoms with E-state index in [0.29, 0.717) is 12.5 Å². The molecular formula is C19H32N6O. The second-order valence-electron chi connectivity index (χ2n) is 7.15. The van der Waals surface area contributed by atoms with E-state index in [1.54, 1.807) is 6.26 Å². The third-order valence-corrected chi connectivity index (χ3v) is 4.41. The Morgan fingerprint density at radius 1 is 1.35 bits per heavy atom. The van der Waals surface area contributed by atoms with Gasteiger partial charge in [-0.15, -0.1) is 0 Å². The minimum Gasteiger partial charge on any atom is -0.468 e. The van der Waals surface area contributed by atoms with Gasteiger partial charge in [0.05, 0.1) is 18.0 Å². The summed E-state index contributed by atoms with van der Waals surface area (Å²) in [5.41, 5.74) is 2.36. The molecule has 7 heteroatoms. The molecule has 1 N–H and O–H groups in total. The lowest BCUT2D eigenvalue weighted by Crippen LogP contribution is -2.42. The molecule has 1 unspecified atom stereocenters. The van der Waals surface area contributed by atoms with E-state index in [2.05, 4.69) is 45.3 Å². The molecule has 144 valence electrons. The number of rotatable bonds is 7. The minimum absolute atomic E-state index is 0.139. The van der Waals surface area contributed by atoms with Crippen molar-refractivity contribution in [1.82, 2.24) is 24.9 Å². The maximum absolute atomic E-state index is 5.58. The predicted molar refractivity (Wildman–Crippen MR) is 105 cm³/mol. The molecular weight excluding hydrogens is 328 g/mol. The predicted octanol–water partition coefficient (Wildman–Crippen LogP) is 2.45. The van der Waals surface area contributed by atoms with Crippen LogP contribution in [0.2, 0.25) is 0 Å². The Balaban J connectivity index is 2.04. The van der Waals surface area contributed by atoms with Crippen molar-refractivity contribution in [2.75, 3.05) is 34.7 Å². The molecule has 2 aromatic rings. The second-order valence-corrected chi connectivity index (χ2v) is 7.15. The van der Waals surface area contributed by atoms with Gasteiger partial charge in [0.15, 0.2) is 5.96 Å². The lowest BCUT2D eigenvalue weighted by atomic mass is 10.1. The average Bonchev–Trinajstić information content (AvgIpc) is 3.21. The summed E-state index contributed by atoms with van der Waals surface area (Å²) in [6.07, 6.45) is 3.80. The maximum atomic E-state index is 5.58. The van der Waals surface area contributed by atoms with Gasteiger partial charge in [0.25, 0.3) is 0 Å². The average molecular weight is 361 g/mol. The van der Waals surface area contributed by atoms with Crippen LogP contribution in [0, 0.1) is 0 Å². The van der Waals surface area contributed by atoms with E-state index in [1.165, 1.54) is 5.56 Å². The Hall–Kier alpha value is -2.28. The first-order valence-corrected chi connectivity index (χ1v) is 8.97. The number of nitrogens with one attached hydrogen (secondary N) is 1. The van der Waals surface area contributed by atoms with Crippen LogP contribution in [0.15, 0.2) is 34.0 Å². The highest BCUT2D eigenvalue weighted by Crippen LogP contribution is 2.19. The highest BCUT2D eigenvalue weighted by Gasteiger charge is 2.19. The Labute approximate surface area is 156 Å². The van der Waals surface area contributed by atoms with Crippen LogP contribution < -0.4 is 5.32 Å². The van der Waals surface area contributed by atoms with Crippen molar-refractivity contribution in [3.8, 4) is 0 Å². The first-order valence-electron chi connectivity index (χ1n) is 8.97. The van der Waals surface area contributed by atoms with Crippen LogP contribution in [0.1, 0.15) is 42.8 Å². The third kappa shape index (κ3) is 4.88. The molecule has 26 heavy (non-hydrogen) atoms. The summed E-state index contributed by atoms with van der Waals surface area (Å²) in [5.74, 6) is 2.18. The number of likely N-dealkylation sites (N-methyl/N-ethyl adjacent to an activating group) is 1. The lowest BCUT2D eigenvalue weighted by Gasteiger charge is -2.27. The van der Waals surface area contributed by atoms with Crippen molar-refractivity contribution in [2.24, 2.45) is 12.0 Å². The van der Waals surface area contributed by atoms with Gasteiger partial charge >= 0.3 is 0 Å². The molecule has 2 heterocycles. The van der Waals surface area contributed by atoms with E-state index in [-0.39, 0.29) is 6.04 Å². The van der Waals surface area contributed by atoms with Crippen LogP contribution >= 0.6 is 0 Å². The van der Waals surface area contributed by atoms with E-state index in [1.807, 2.05) is 52.1 Å². The molecule has 0 aromatic carbocycles. The molecule has 2 rings (SSSR count). The van der Waals surface area contributed by atoms with Crippen LogP contribution in [0.5, 0.6) is 0 Å². The van der Waals surface area contributed by atoms with Gasteiger partial charge in [0.2, 0.25) is 0 Å². The van der Waals surface area contributed by atoms with Gasteiger partial charge < -0.3 is 14.6 Å². The molecule has 1 atom stereocenters. The number of hydrogen-bond donors (Lipinski definition) is 1. The summed E-state index contributed by atoms with van der Waals surface area (Å²) in [6.45, 7) is 5.81. The Kier molecular flexibility index (Phi) is 6.85. The van der Waals surface area contributed by atoms with E-state index in [0.717, 1.165) is 24.0 Å². The van der Waals surface area contributed by atoms with Gasteiger partial charge in [-0.2, -0.15) is 5.10 Å². The highest BCUT2D eigenvalue weighted by molar-refractivity contribution is 5.79. The molecule has 0 saturated heterocycles. The summed E-state index contributed by atoms with van der Waals surface area (Å²) in [4.78, 5) is 8.69. The van der Waals surface area contributed by atoms with Crippen LogP contribution in [0.3, 0.4) is 0 Å². The number of furan rings is 1. The second kappa shape index (κ2) is 8.89. The summed E-state index contributed by atoms with van der Waals surface area (Å²) in [7, 11) is 9.91. The van der Waals surface area contributed by atoms with E-state index in [4.69, 9.17) is 4.42 Å². The molecule has 0 spiro atoms. The first kappa shape index (κ1) is 20.0. The summed E-state index contributed by atoms with van der Waals surface area (Å²) >= 11 is 0. The van der Waals surface area contributed by atoms with Crippen LogP contribution in [0.4, 0.5) is 0 Å². The SMILES string of the molecule is CN=C(NCC(c1ccco1)N(C)C)N(C)Cc1cn(C)nc1C(C)C. The van der Waals surface area contributed by atoms with E-state index in [9.17, 15) is 0 Å². The zero-order chi connectivity index (χ0) is 19.3. The molecule has 0 fully saturated rings. The van der Waals surface area contributed by atoms with E-state index >= 15 is 0 Å². The molecule has 0 aliphatic rings. The number of nitrogens with zero attached hydrogens (tertiary/aromatic N) is 5. The zero-order valence-corrected chi connectivity index (χ0v) is 17.0. The zero-order valence-electron chi connectivity index (χ0n) is 17.0. The molecule has 2 aromatic heterocycles. The van der Waals surface area contributed by atoms with Crippen molar-refractivity contribution in [1.29, 1.82) is 0 Å². The van der Waals surface area contributed by atoms with Crippen molar-refractivity contribution < 1.29 is 4.42 Å². The molecule has 0 bridgehead atoms. The molecule has 0 radical (unpaired) electrons. The van der Waals surface area contributed by atoms with Crippen molar-refractivity contribution in [3.63, 3.8) is 0 Å². The Morgan fingerprint density at radius 3 is 2.62 bits per heavy atom. The summed E-state index contributed by atoms with van der Waals surface area (Å²) in [6, 6.07) is 4.06. The normalized spacial score (nSPS) is 13.5. The fraction of sp³-hybridized carbons (Fsp3) is 0.579. The highest BCUT2D eigenvalue weighted by atomic mass is 16.3. The van der Waals surface area contributed by atoms with Gasteiger partial charge in [-0.25, -0.2) is 0 Å². The summed E-state index contributed by atoms with van der Waals surface area (Å²) in [5, 5.41) is 8.05. The fourth-order valence-corrected chi connectivity index (χ4v) is 3.08. The van der Waals surface area contributed by atoms with E-state index < -0.39 is 0 Å². The largest absolute Gasteiger partial charge is 0.468 e. The molecule has 7 nitrogen and oxygen atoms in total. The Bertz CT molecular complexity index is 702. The van der Waals surface area contributed by atoms with Gasteiger partial charge in [0.1, 0.15) is 5.76 Å². The van der Waals surface area contributed by atoms with Gasteiger partial charge in [0, 0.05) is 46.0 Å². The topological polar surface area (TPSA) is 61.8 Å². The standard InChI is InChI=1S/C19H32N6O/c1-14(2)18-15(13-25(7)22-18)12-24(6)19(20-3)21-11-16(23(4)5)17-9-8-10-26-17/h8-10,13-14,16H,11-12H2,1-7H3,(H,20,21). The van der Waals surface area contributed by atoms with Gasteiger partial charge in [-0.05, 0) is 32.1 Å². The number of hydrogen-bond acceptors (Lipinski definition) is 4. The number of guanidine groups is 1. The fourth-order valence-electron chi connectivity index (χ4n) is 3.08. The van der Waals surface area contributed by atoms with Crippen LogP contribution in [-0.2, 0) is 13.6 Å². The lowest BCUT2D eigenvalue weighted by molar-refractivity contribution is 0.256. The summed E-state index contributed by atoms with van der Waals surface area (Å²) < 4.78 is 7.46. The molecule has 0 aliphatic carbocycles. The Morgan fingerprint density at radius 2 is 2.08 bits per heavy atom. The van der Waals surface area contributed by atoms with Crippen molar-refractivity contribution in [3.05, 3.63) is 41.6 Å². The smallest absolute Gasteiger partial charge is 0.193 e. The minimum atomic E-state index is 0.139.